The highest BCUT2D eigenvalue weighted by atomic mass is 16.4. The van der Waals surface area contributed by atoms with Crippen LogP contribution < -0.4 is 5.73 Å². The molecule has 6 heteroatoms. The largest absolute Gasteiger partial charge is 0.480 e. The van der Waals surface area contributed by atoms with Gasteiger partial charge in [0.05, 0.1) is 6.04 Å². The van der Waals surface area contributed by atoms with E-state index in [-0.39, 0.29) is 6.04 Å². The van der Waals surface area contributed by atoms with Crippen LogP contribution in [0.1, 0.15) is 38.6 Å². The second kappa shape index (κ2) is 6.06. The lowest BCUT2D eigenvalue weighted by Crippen LogP contribution is -2.45. The molecule has 106 valence electrons. The maximum Gasteiger partial charge on any atom is 0.320 e. The number of piperidine rings is 1. The first-order chi connectivity index (χ1) is 9.11. The summed E-state index contributed by atoms with van der Waals surface area (Å²) in [6.07, 6.45) is 5.36. The molecule has 1 aliphatic heterocycles. The van der Waals surface area contributed by atoms with Crippen molar-refractivity contribution >= 4 is 11.8 Å². The summed E-state index contributed by atoms with van der Waals surface area (Å²) in [5.41, 5.74) is 5.62. The van der Waals surface area contributed by atoms with Gasteiger partial charge in [0.15, 0.2) is 0 Å². The van der Waals surface area contributed by atoms with Gasteiger partial charge in [0.1, 0.15) is 11.9 Å². The maximum atomic E-state index is 11.3. The van der Waals surface area contributed by atoms with Gasteiger partial charge in [-0.25, -0.2) is 0 Å². The molecular weight excluding hydrogens is 244 g/mol. The van der Waals surface area contributed by atoms with E-state index < -0.39 is 5.97 Å². The lowest BCUT2D eigenvalue weighted by molar-refractivity contribution is -0.144. The van der Waals surface area contributed by atoms with Crippen LogP contribution in [0.3, 0.4) is 0 Å². The van der Waals surface area contributed by atoms with Crippen LogP contribution in [-0.4, -0.2) is 44.9 Å². The van der Waals surface area contributed by atoms with Crippen molar-refractivity contribution in [3.05, 3.63) is 12.3 Å². The van der Waals surface area contributed by atoms with Crippen molar-refractivity contribution in [3.8, 4) is 0 Å². The number of anilines is 1. The van der Waals surface area contributed by atoms with E-state index in [4.69, 9.17) is 5.73 Å². The number of aromatic nitrogens is 2. The summed E-state index contributed by atoms with van der Waals surface area (Å²) < 4.78 is 1.91. The number of carbonyl (C=O) groups is 1. The van der Waals surface area contributed by atoms with E-state index in [1.54, 1.807) is 6.07 Å². The Morgan fingerprint density at radius 1 is 1.58 bits per heavy atom. The van der Waals surface area contributed by atoms with Gasteiger partial charge in [0.2, 0.25) is 0 Å². The van der Waals surface area contributed by atoms with Crippen molar-refractivity contribution < 1.29 is 9.90 Å². The predicted octanol–water partition coefficient (Wildman–Crippen LogP) is 1.36. The Bertz CT molecular complexity index is 424. The molecule has 3 N–H and O–H groups in total. The van der Waals surface area contributed by atoms with Crippen LogP contribution >= 0.6 is 0 Å². The van der Waals surface area contributed by atoms with Crippen LogP contribution in [-0.2, 0) is 4.79 Å². The topological polar surface area (TPSA) is 84.4 Å². The molecule has 1 fully saturated rings. The Kier molecular flexibility index (Phi) is 4.42. The van der Waals surface area contributed by atoms with Crippen LogP contribution in [0, 0.1) is 0 Å². The number of nitrogens with two attached hydrogens (primary N) is 1. The first-order valence-corrected chi connectivity index (χ1v) is 6.89. The zero-order valence-electron chi connectivity index (χ0n) is 11.3. The van der Waals surface area contributed by atoms with Crippen LogP contribution in [0.4, 0.5) is 5.82 Å². The Morgan fingerprint density at radius 2 is 2.26 bits per heavy atom. The number of carboxylic acids is 1. The molecule has 6 nitrogen and oxygen atoms in total. The van der Waals surface area contributed by atoms with Crippen LogP contribution in [0.25, 0.3) is 0 Å². The molecular formula is C13H22N4O2. The van der Waals surface area contributed by atoms with Gasteiger partial charge in [-0.05, 0) is 25.3 Å². The molecule has 0 bridgehead atoms. The van der Waals surface area contributed by atoms with Crippen molar-refractivity contribution in [2.24, 2.45) is 0 Å². The molecule has 1 aliphatic rings. The highest BCUT2D eigenvalue weighted by molar-refractivity contribution is 5.73. The van der Waals surface area contributed by atoms with Gasteiger partial charge in [-0.1, -0.05) is 13.3 Å². The van der Waals surface area contributed by atoms with Gasteiger partial charge in [-0.2, -0.15) is 5.10 Å². The molecule has 1 aromatic rings. The van der Waals surface area contributed by atoms with E-state index in [9.17, 15) is 9.90 Å². The van der Waals surface area contributed by atoms with Crippen molar-refractivity contribution in [1.29, 1.82) is 0 Å². The van der Waals surface area contributed by atoms with Gasteiger partial charge in [-0.15, -0.1) is 0 Å². The van der Waals surface area contributed by atoms with Gasteiger partial charge in [0, 0.05) is 19.3 Å². The Labute approximate surface area is 113 Å². The number of nitrogen functional groups attached to an aromatic ring is 1. The summed E-state index contributed by atoms with van der Waals surface area (Å²) in [6.45, 7) is 3.64. The molecule has 0 amide bonds. The third-order valence-electron chi connectivity index (χ3n) is 3.79. The number of likely N-dealkylation sites (tertiary alicyclic amines) is 1. The molecule has 0 radical (unpaired) electrons. The molecule has 0 spiro atoms. The number of rotatable bonds is 5. The zero-order chi connectivity index (χ0) is 13.8. The van der Waals surface area contributed by atoms with Crippen LogP contribution in [0.2, 0.25) is 0 Å². The molecule has 0 saturated carbocycles. The van der Waals surface area contributed by atoms with E-state index in [1.165, 1.54) is 0 Å². The van der Waals surface area contributed by atoms with E-state index in [0.29, 0.717) is 18.3 Å². The molecule has 1 unspecified atom stereocenters. The van der Waals surface area contributed by atoms with E-state index in [1.807, 2.05) is 17.8 Å². The van der Waals surface area contributed by atoms with Gasteiger partial charge >= 0.3 is 5.97 Å². The van der Waals surface area contributed by atoms with Crippen molar-refractivity contribution in [2.75, 3.05) is 18.8 Å². The van der Waals surface area contributed by atoms with Gasteiger partial charge in [-0.3, -0.25) is 14.4 Å². The first-order valence-electron chi connectivity index (χ1n) is 6.89. The minimum Gasteiger partial charge on any atom is -0.480 e. The molecule has 1 saturated heterocycles. The molecule has 1 aromatic heterocycles. The fourth-order valence-electron chi connectivity index (χ4n) is 2.75. The maximum absolute atomic E-state index is 11.3. The predicted molar refractivity (Wildman–Crippen MR) is 72.8 cm³/mol. The standard InChI is InChI=1S/C13H22N4O2/c1-2-3-11(13(18)19)16-7-4-10(5-8-16)17-9-6-12(14)15-17/h6,9-11H,2-5,7-8H2,1H3,(H2,14,15)(H,18,19). The zero-order valence-corrected chi connectivity index (χ0v) is 11.3. The fourth-order valence-corrected chi connectivity index (χ4v) is 2.75. The Hall–Kier alpha value is -1.56. The number of carboxylic acid groups (broad SMARTS) is 1. The monoisotopic (exact) mass is 266 g/mol. The lowest BCUT2D eigenvalue weighted by Gasteiger charge is -2.35. The van der Waals surface area contributed by atoms with Gasteiger partial charge in [0.25, 0.3) is 0 Å². The Balaban J connectivity index is 1.92. The summed E-state index contributed by atoms with van der Waals surface area (Å²) in [4.78, 5) is 13.3. The summed E-state index contributed by atoms with van der Waals surface area (Å²) in [7, 11) is 0. The SMILES string of the molecule is CCCC(C(=O)O)N1CCC(n2ccc(N)n2)CC1. The first kappa shape index (κ1) is 13.9. The molecule has 19 heavy (non-hydrogen) atoms. The van der Waals surface area contributed by atoms with Crippen LogP contribution in [0.15, 0.2) is 12.3 Å². The summed E-state index contributed by atoms with van der Waals surface area (Å²) in [5, 5.41) is 13.5. The fraction of sp³-hybridized carbons (Fsp3) is 0.692. The third-order valence-corrected chi connectivity index (χ3v) is 3.79. The minimum absolute atomic E-state index is 0.338. The normalized spacial score (nSPS) is 19.4. The average Bonchev–Trinajstić information content (AvgIpc) is 2.82. The highest BCUT2D eigenvalue weighted by Gasteiger charge is 2.29. The van der Waals surface area contributed by atoms with E-state index >= 15 is 0 Å². The summed E-state index contributed by atoms with van der Waals surface area (Å²) in [6, 6.07) is 1.79. The molecule has 0 aliphatic carbocycles. The second-order valence-electron chi connectivity index (χ2n) is 5.13. The van der Waals surface area contributed by atoms with E-state index in [0.717, 1.165) is 32.4 Å². The number of nitrogens with zero attached hydrogens (tertiary/aromatic N) is 3. The van der Waals surface area contributed by atoms with Crippen molar-refractivity contribution in [1.82, 2.24) is 14.7 Å². The minimum atomic E-state index is -0.705. The second-order valence-corrected chi connectivity index (χ2v) is 5.13. The summed E-state index contributed by atoms with van der Waals surface area (Å²) in [5.74, 6) is -0.166. The lowest BCUT2D eigenvalue weighted by atomic mass is 10.0. The highest BCUT2D eigenvalue weighted by Crippen LogP contribution is 2.24. The number of hydrogen-bond donors (Lipinski definition) is 2. The third kappa shape index (κ3) is 3.26. The molecule has 0 aromatic carbocycles. The number of aliphatic carboxylic acids is 1. The number of hydrogen-bond acceptors (Lipinski definition) is 4. The average molecular weight is 266 g/mol. The Morgan fingerprint density at radius 3 is 2.74 bits per heavy atom. The smallest absolute Gasteiger partial charge is 0.320 e. The quantitative estimate of drug-likeness (QED) is 0.840. The van der Waals surface area contributed by atoms with Crippen LogP contribution in [0.5, 0.6) is 0 Å². The van der Waals surface area contributed by atoms with Crippen molar-refractivity contribution in [3.63, 3.8) is 0 Å². The summed E-state index contributed by atoms with van der Waals surface area (Å²) >= 11 is 0. The molecule has 1 atom stereocenters. The van der Waals surface area contributed by atoms with E-state index in [2.05, 4.69) is 10.00 Å². The van der Waals surface area contributed by atoms with Crippen molar-refractivity contribution in [2.45, 2.75) is 44.7 Å². The molecule has 2 rings (SSSR count). The van der Waals surface area contributed by atoms with Gasteiger partial charge < -0.3 is 10.8 Å². The molecule has 2 heterocycles.